The van der Waals surface area contributed by atoms with Crippen LogP contribution in [-0.4, -0.2) is 19.0 Å². The smallest absolute Gasteiger partial charge is 0.233 e. The number of halogens is 1. The van der Waals surface area contributed by atoms with Crippen LogP contribution in [0.25, 0.3) is 0 Å². The van der Waals surface area contributed by atoms with Crippen LogP contribution >= 0.6 is 11.6 Å². The Labute approximate surface area is 158 Å². The van der Waals surface area contributed by atoms with Crippen molar-refractivity contribution in [1.82, 2.24) is 10.6 Å². The van der Waals surface area contributed by atoms with Crippen LogP contribution in [0, 0.1) is 0 Å². The minimum absolute atomic E-state index is 0.0560. The van der Waals surface area contributed by atoms with E-state index in [9.17, 15) is 4.79 Å². The van der Waals surface area contributed by atoms with Gasteiger partial charge in [-0.1, -0.05) is 54.1 Å². The highest BCUT2D eigenvalue weighted by molar-refractivity contribution is 6.30. The van der Waals surface area contributed by atoms with Crippen LogP contribution < -0.4 is 10.6 Å². The van der Waals surface area contributed by atoms with Gasteiger partial charge in [-0.25, -0.2) is 0 Å². The number of benzene rings is 2. The van der Waals surface area contributed by atoms with Gasteiger partial charge in [0.15, 0.2) is 0 Å². The molecule has 0 radical (unpaired) electrons. The summed E-state index contributed by atoms with van der Waals surface area (Å²) in [6.45, 7) is 0.771. The maximum atomic E-state index is 12.2. The minimum atomic E-state index is -0.162. The number of hydrogen-bond donors (Lipinski definition) is 2. The molecule has 0 aliphatic rings. The van der Waals surface area contributed by atoms with Gasteiger partial charge >= 0.3 is 0 Å². The summed E-state index contributed by atoms with van der Waals surface area (Å²) in [5.74, 6) is 0.724. The summed E-state index contributed by atoms with van der Waals surface area (Å²) in [4.78, 5) is 12.2. The molecule has 1 amide bonds. The van der Waals surface area contributed by atoms with Gasteiger partial charge in [0.2, 0.25) is 5.91 Å². The molecule has 0 aliphatic carbocycles. The van der Waals surface area contributed by atoms with Gasteiger partial charge in [-0.05, 0) is 41.8 Å². The number of amides is 1. The predicted molar refractivity (Wildman–Crippen MR) is 103 cm³/mol. The Morgan fingerprint density at radius 1 is 1.04 bits per heavy atom. The largest absolute Gasteiger partial charge is 0.467 e. The lowest BCUT2D eigenvalue weighted by Crippen LogP contribution is -2.36. The van der Waals surface area contributed by atoms with Gasteiger partial charge in [0.05, 0.1) is 18.8 Å². The summed E-state index contributed by atoms with van der Waals surface area (Å²) < 4.78 is 5.53. The molecule has 0 saturated heterocycles. The van der Waals surface area contributed by atoms with E-state index in [1.54, 1.807) is 6.26 Å². The number of rotatable bonds is 8. The molecular weight excluding hydrogens is 348 g/mol. The van der Waals surface area contributed by atoms with Gasteiger partial charge in [0, 0.05) is 11.6 Å². The van der Waals surface area contributed by atoms with Crippen molar-refractivity contribution in [2.45, 2.75) is 12.5 Å². The van der Waals surface area contributed by atoms with Gasteiger partial charge in [-0.2, -0.15) is 0 Å². The average molecular weight is 369 g/mol. The van der Waals surface area contributed by atoms with Crippen LogP contribution in [0.5, 0.6) is 0 Å². The number of carbonyl (C=O) groups excluding carboxylic acids is 1. The lowest BCUT2D eigenvalue weighted by atomic mass is 10.0. The fourth-order valence-electron chi connectivity index (χ4n) is 2.78. The third kappa shape index (κ3) is 5.22. The molecule has 0 unspecified atom stereocenters. The fourth-order valence-corrected chi connectivity index (χ4v) is 2.99. The molecule has 0 bridgehead atoms. The molecule has 1 aromatic heterocycles. The molecule has 3 aromatic rings. The standard InChI is InChI=1S/C21H21ClN2O2/c22-18-9-4-6-16(14-18)11-12-23-20(25)15-24-21(19-10-5-13-26-19)17-7-2-1-3-8-17/h1-10,13-14,21,24H,11-12,15H2,(H,23,25)/t21-/m1/s1. The number of hydrogen-bond acceptors (Lipinski definition) is 3. The highest BCUT2D eigenvalue weighted by Gasteiger charge is 2.17. The zero-order valence-corrected chi connectivity index (χ0v) is 15.1. The van der Waals surface area contributed by atoms with E-state index in [1.807, 2.05) is 66.7 Å². The molecule has 0 aliphatic heterocycles. The Kier molecular flexibility index (Phi) is 6.47. The molecule has 0 spiro atoms. The van der Waals surface area contributed by atoms with Crippen LogP contribution in [0.1, 0.15) is 22.9 Å². The lowest BCUT2D eigenvalue weighted by Gasteiger charge is -2.17. The summed E-state index contributed by atoms with van der Waals surface area (Å²) in [6.07, 6.45) is 2.38. The van der Waals surface area contributed by atoms with Crippen molar-refractivity contribution in [2.75, 3.05) is 13.1 Å². The van der Waals surface area contributed by atoms with Gasteiger partial charge in [0.25, 0.3) is 0 Å². The van der Waals surface area contributed by atoms with E-state index in [2.05, 4.69) is 10.6 Å². The maximum Gasteiger partial charge on any atom is 0.233 e. The Bertz CT molecular complexity index is 819. The van der Waals surface area contributed by atoms with Gasteiger partial charge < -0.3 is 9.73 Å². The highest BCUT2D eigenvalue weighted by atomic mass is 35.5. The number of carbonyl (C=O) groups is 1. The lowest BCUT2D eigenvalue weighted by molar-refractivity contribution is -0.120. The van der Waals surface area contributed by atoms with E-state index < -0.39 is 0 Å². The van der Waals surface area contributed by atoms with Gasteiger partial charge in [-0.15, -0.1) is 0 Å². The molecule has 3 rings (SSSR count). The Balaban J connectivity index is 1.51. The topological polar surface area (TPSA) is 54.3 Å². The monoisotopic (exact) mass is 368 g/mol. The molecule has 0 fully saturated rings. The van der Waals surface area contributed by atoms with Crippen molar-refractivity contribution in [3.8, 4) is 0 Å². The molecule has 4 nitrogen and oxygen atoms in total. The quantitative estimate of drug-likeness (QED) is 0.632. The van der Waals surface area contributed by atoms with Crippen molar-refractivity contribution in [3.05, 3.63) is 94.9 Å². The second-order valence-corrected chi connectivity index (χ2v) is 6.41. The predicted octanol–water partition coefficient (Wildman–Crippen LogP) is 3.97. The van der Waals surface area contributed by atoms with Crippen LogP contribution in [0.4, 0.5) is 0 Å². The summed E-state index contributed by atoms with van der Waals surface area (Å²) in [7, 11) is 0. The Morgan fingerprint density at radius 3 is 2.62 bits per heavy atom. The van der Waals surface area contributed by atoms with E-state index in [1.165, 1.54) is 0 Å². The summed E-state index contributed by atoms with van der Waals surface area (Å²) in [5.41, 5.74) is 2.15. The molecule has 1 atom stereocenters. The van der Waals surface area contributed by atoms with Gasteiger partial charge in [0.1, 0.15) is 5.76 Å². The summed E-state index contributed by atoms with van der Waals surface area (Å²) in [5, 5.41) is 6.90. The maximum absolute atomic E-state index is 12.2. The van der Waals surface area contributed by atoms with E-state index >= 15 is 0 Å². The van der Waals surface area contributed by atoms with Crippen molar-refractivity contribution < 1.29 is 9.21 Å². The van der Waals surface area contributed by atoms with Gasteiger partial charge in [-0.3, -0.25) is 10.1 Å². The summed E-state index contributed by atoms with van der Waals surface area (Å²) >= 11 is 5.97. The van der Waals surface area contributed by atoms with Crippen LogP contribution in [0.15, 0.2) is 77.4 Å². The molecular formula is C21H21ClN2O2. The molecule has 1 heterocycles. The highest BCUT2D eigenvalue weighted by Crippen LogP contribution is 2.21. The average Bonchev–Trinajstić information content (AvgIpc) is 3.17. The number of nitrogens with one attached hydrogen (secondary N) is 2. The molecule has 0 saturated carbocycles. The molecule has 2 aromatic carbocycles. The first kappa shape index (κ1) is 18.2. The zero-order valence-electron chi connectivity index (χ0n) is 14.3. The van der Waals surface area contributed by atoms with Crippen LogP contribution in [0.3, 0.4) is 0 Å². The fraction of sp³-hybridized carbons (Fsp3) is 0.190. The molecule has 5 heteroatoms. The molecule has 2 N–H and O–H groups in total. The van der Waals surface area contributed by atoms with E-state index in [4.69, 9.17) is 16.0 Å². The van der Waals surface area contributed by atoms with Crippen molar-refractivity contribution >= 4 is 17.5 Å². The van der Waals surface area contributed by atoms with E-state index in [-0.39, 0.29) is 18.5 Å². The van der Waals surface area contributed by atoms with Crippen LogP contribution in [-0.2, 0) is 11.2 Å². The van der Waals surface area contributed by atoms with Crippen molar-refractivity contribution in [2.24, 2.45) is 0 Å². The first-order valence-electron chi connectivity index (χ1n) is 8.55. The van der Waals surface area contributed by atoms with Crippen molar-refractivity contribution in [3.63, 3.8) is 0 Å². The third-order valence-electron chi connectivity index (χ3n) is 4.05. The SMILES string of the molecule is O=C(CN[C@H](c1ccccc1)c1ccco1)NCCc1cccc(Cl)c1. The Morgan fingerprint density at radius 2 is 1.88 bits per heavy atom. The molecule has 134 valence electrons. The molecule has 26 heavy (non-hydrogen) atoms. The second kappa shape index (κ2) is 9.22. The second-order valence-electron chi connectivity index (χ2n) is 5.97. The normalized spacial score (nSPS) is 11.9. The third-order valence-corrected chi connectivity index (χ3v) is 4.29. The first-order chi connectivity index (χ1) is 12.7. The number of furan rings is 1. The van der Waals surface area contributed by atoms with E-state index in [0.717, 1.165) is 23.3 Å². The van der Waals surface area contributed by atoms with E-state index in [0.29, 0.717) is 11.6 Å². The zero-order chi connectivity index (χ0) is 18.2. The minimum Gasteiger partial charge on any atom is -0.467 e. The van der Waals surface area contributed by atoms with Crippen LogP contribution in [0.2, 0.25) is 5.02 Å². The summed E-state index contributed by atoms with van der Waals surface area (Å²) in [6, 6.07) is 21.2. The Hall–Kier alpha value is -2.56. The first-order valence-corrected chi connectivity index (χ1v) is 8.93. The van der Waals surface area contributed by atoms with Crippen molar-refractivity contribution in [1.29, 1.82) is 0 Å².